The van der Waals surface area contributed by atoms with Gasteiger partial charge in [-0.2, -0.15) is 0 Å². The maximum absolute atomic E-state index is 7.02. The number of hydrogen-bond acceptors (Lipinski definition) is 2. The first kappa shape index (κ1) is 29.9. The summed E-state index contributed by atoms with van der Waals surface area (Å²) in [5.74, 6) is 1.95. The van der Waals surface area contributed by atoms with Crippen LogP contribution in [0, 0.1) is 0 Å². The van der Waals surface area contributed by atoms with Crippen molar-refractivity contribution in [3.05, 3.63) is 167 Å². The van der Waals surface area contributed by atoms with Crippen molar-refractivity contribution >= 4 is 45.8 Å². The van der Waals surface area contributed by atoms with Crippen LogP contribution in [0.1, 0.15) is 60.6 Å². The maximum Gasteiger partial charge on any atom is 0.254 e. The van der Waals surface area contributed by atoms with Gasteiger partial charge in [0.2, 0.25) is 0 Å². The first-order chi connectivity index (χ1) is 24.8. The maximum atomic E-state index is 7.02. The molecule has 1 atom stereocenters. The summed E-state index contributed by atoms with van der Waals surface area (Å²) in [6.45, 7) is 2.40. The highest BCUT2D eigenvalue weighted by Gasteiger charge is 2.50. The molecule has 1 aliphatic carbocycles. The topological polar surface area (TPSA) is 14.2 Å². The SMILES string of the molecule is CCC1(c2ccccc2)c2cc(Sc3ccccc3)ccc2B2c3c(cccc3-n3c4c(c5ccccc53)CCCCC4)Oc3cccc1c32. The van der Waals surface area contributed by atoms with Crippen LogP contribution in [0.4, 0.5) is 0 Å². The zero-order chi connectivity index (χ0) is 33.2. The Labute approximate surface area is 299 Å². The van der Waals surface area contributed by atoms with Crippen LogP contribution < -0.4 is 21.1 Å². The van der Waals surface area contributed by atoms with Gasteiger partial charge in [-0.3, -0.25) is 0 Å². The number of benzene rings is 6. The second-order valence-electron chi connectivity index (χ2n) is 14.1. The third kappa shape index (κ3) is 4.37. The van der Waals surface area contributed by atoms with E-state index in [2.05, 4.69) is 151 Å². The van der Waals surface area contributed by atoms with Crippen LogP contribution in [-0.4, -0.2) is 11.3 Å². The second-order valence-corrected chi connectivity index (χ2v) is 15.2. The van der Waals surface area contributed by atoms with E-state index in [4.69, 9.17) is 4.74 Å². The molecule has 0 fully saturated rings. The average molecular weight is 664 g/mol. The van der Waals surface area contributed by atoms with E-state index in [1.807, 2.05) is 11.8 Å². The fourth-order valence-electron chi connectivity index (χ4n) is 9.54. The molecule has 0 amide bonds. The van der Waals surface area contributed by atoms with Gasteiger partial charge < -0.3 is 9.30 Å². The van der Waals surface area contributed by atoms with Gasteiger partial charge in [0, 0.05) is 32.0 Å². The summed E-state index contributed by atoms with van der Waals surface area (Å²) >= 11 is 1.85. The average Bonchev–Trinajstić information content (AvgIpc) is 3.28. The molecule has 0 spiro atoms. The Morgan fingerprint density at radius 2 is 1.40 bits per heavy atom. The number of nitrogens with zero attached hydrogens (tertiary/aromatic N) is 1. The third-order valence-electron chi connectivity index (χ3n) is 11.6. The van der Waals surface area contributed by atoms with Crippen LogP contribution in [0.25, 0.3) is 16.6 Å². The highest BCUT2D eigenvalue weighted by atomic mass is 32.2. The summed E-state index contributed by atoms with van der Waals surface area (Å²) in [7, 11) is 0. The van der Waals surface area contributed by atoms with Gasteiger partial charge in [0.05, 0.1) is 5.52 Å². The summed E-state index contributed by atoms with van der Waals surface area (Å²) in [4.78, 5) is 2.53. The molecular weight excluding hydrogens is 625 g/mol. The van der Waals surface area contributed by atoms with Crippen molar-refractivity contribution in [2.75, 3.05) is 0 Å². The lowest BCUT2D eigenvalue weighted by Crippen LogP contribution is -2.64. The number of ether oxygens (including phenoxy) is 1. The summed E-state index contributed by atoms with van der Waals surface area (Å²) in [5.41, 5.74) is 13.3. The molecule has 3 heterocycles. The smallest absolute Gasteiger partial charge is 0.254 e. The van der Waals surface area contributed by atoms with Gasteiger partial charge in [-0.1, -0.05) is 122 Å². The van der Waals surface area contributed by atoms with Crippen molar-refractivity contribution in [3.8, 4) is 17.2 Å². The highest BCUT2D eigenvalue weighted by molar-refractivity contribution is 7.99. The van der Waals surface area contributed by atoms with Crippen molar-refractivity contribution in [3.63, 3.8) is 0 Å². The zero-order valence-electron chi connectivity index (χ0n) is 28.4. The zero-order valence-corrected chi connectivity index (χ0v) is 29.2. The van der Waals surface area contributed by atoms with Crippen LogP contribution in [0.2, 0.25) is 0 Å². The fraction of sp³-hybridized carbons (Fsp3) is 0.174. The Hall–Kier alpha value is -4.93. The molecule has 6 aromatic carbocycles. The molecule has 2 nitrogen and oxygen atoms in total. The van der Waals surface area contributed by atoms with Crippen molar-refractivity contribution < 1.29 is 4.74 Å². The number of fused-ring (bicyclic) bond motifs is 7. The van der Waals surface area contributed by atoms with E-state index >= 15 is 0 Å². The lowest BCUT2D eigenvalue weighted by atomic mass is 9.29. The largest absolute Gasteiger partial charge is 0.458 e. The molecule has 4 heteroatoms. The molecule has 2 aliphatic heterocycles. The minimum atomic E-state index is -0.321. The van der Waals surface area contributed by atoms with E-state index in [0.29, 0.717) is 0 Å². The Bertz CT molecular complexity index is 2420. The van der Waals surface area contributed by atoms with Gasteiger partial charge >= 0.3 is 0 Å². The predicted octanol–water partition coefficient (Wildman–Crippen LogP) is 9.73. The summed E-state index contributed by atoms with van der Waals surface area (Å²) in [6.07, 6.45) is 6.96. The fourth-order valence-corrected chi connectivity index (χ4v) is 10.4. The molecule has 3 aliphatic rings. The molecule has 242 valence electrons. The van der Waals surface area contributed by atoms with Gasteiger partial charge in [-0.15, -0.1) is 0 Å². The van der Waals surface area contributed by atoms with Crippen LogP contribution >= 0.6 is 11.8 Å². The molecule has 1 aromatic heterocycles. The van der Waals surface area contributed by atoms with E-state index in [9.17, 15) is 0 Å². The number of rotatable bonds is 5. The Kier molecular flexibility index (Phi) is 7.10. The number of aromatic nitrogens is 1. The van der Waals surface area contributed by atoms with Crippen molar-refractivity contribution in [1.82, 2.24) is 4.57 Å². The van der Waals surface area contributed by atoms with Crippen molar-refractivity contribution in [1.29, 1.82) is 0 Å². The highest BCUT2D eigenvalue weighted by Crippen LogP contribution is 2.47. The molecule has 0 saturated carbocycles. The van der Waals surface area contributed by atoms with Crippen molar-refractivity contribution in [2.24, 2.45) is 0 Å². The minimum absolute atomic E-state index is 0.0397. The van der Waals surface area contributed by atoms with E-state index in [-0.39, 0.29) is 12.1 Å². The summed E-state index contributed by atoms with van der Waals surface area (Å²) in [5, 5.41) is 1.40. The van der Waals surface area contributed by atoms with Crippen molar-refractivity contribution in [2.45, 2.75) is 60.7 Å². The molecule has 1 unspecified atom stereocenters. The van der Waals surface area contributed by atoms with E-state index in [1.54, 1.807) is 0 Å². The van der Waals surface area contributed by atoms with Crippen LogP contribution in [-0.2, 0) is 18.3 Å². The number of aryl methyl sites for hydroxylation is 1. The van der Waals surface area contributed by atoms with Gasteiger partial charge in [0.25, 0.3) is 6.71 Å². The Morgan fingerprint density at radius 1 is 0.660 bits per heavy atom. The molecule has 0 bridgehead atoms. The molecule has 10 rings (SSSR count). The minimum Gasteiger partial charge on any atom is -0.458 e. The van der Waals surface area contributed by atoms with E-state index < -0.39 is 0 Å². The molecular formula is C46H38BNOS. The monoisotopic (exact) mass is 663 g/mol. The first-order valence-corrected chi connectivity index (χ1v) is 19.1. The first-order valence-electron chi connectivity index (χ1n) is 18.2. The standard InChI is InChI=1S/C46H38BNOS/c1-2-46(31-16-6-3-7-17-31)36-22-14-26-42-44(36)47(38-29-28-33(30-37(38)46)50-32-18-8-4-9-19-32)45-41(25-15-27-43(45)49-42)48-39-23-11-5-10-20-34(39)35-21-12-13-24-40(35)48/h3-4,6-9,12-19,21-22,24-30H,2,5,10-11,20,23H2,1H3. The quantitative estimate of drug-likeness (QED) is 0.135. The van der Waals surface area contributed by atoms with Crippen LogP contribution in [0.5, 0.6) is 11.5 Å². The Morgan fingerprint density at radius 3 is 2.24 bits per heavy atom. The molecule has 50 heavy (non-hydrogen) atoms. The van der Waals surface area contributed by atoms with Gasteiger partial charge in [0.15, 0.2) is 0 Å². The molecule has 7 aromatic rings. The predicted molar refractivity (Wildman–Crippen MR) is 209 cm³/mol. The molecule has 0 saturated heterocycles. The van der Waals surface area contributed by atoms with E-state index in [1.165, 1.54) is 90.0 Å². The van der Waals surface area contributed by atoms with Gasteiger partial charge in [-0.25, -0.2) is 0 Å². The lowest BCUT2D eigenvalue weighted by Gasteiger charge is -2.46. The lowest BCUT2D eigenvalue weighted by molar-refractivity contribution is 0.483. The Balaban J connectivity index is 1.27. The molecule has 0 radical (unpaired) electrons. The normalized spacial score (nSPS) is 17.3. The number of hydrogen-bond donors (Lipinski definition) is 0. The number of para-hydroxylation sites is 1. The molecule has 0 N–H and O–H groups in total. The summed E-state index contributed by atoms with van der Waals surface area (Å²) < 4.78 is 9.63. The third-order valence-corrected chi connectivity index (χ3v) is 12.6. The van der Waals surface area contributed by atoms with Crippen LogP contribution in [0.3, 0.4) is 0 Å². The van der Waals surface area contributed by atoms with E-state index in [0.717, 1.165) is 30.8 Å². The van der Waals surface area contributed by atoms with Gasteiger partial charge in [-0.05, 0) is 114 Å². The van der Waals surface area contributed by atoms with Crippen LogP contribution in [0.15, 0.2) is 149 Å². The van der Waals surface area contributed by atoms with Gasteiger partial charge in [0.1, 0.15) is 11.5 Å². The summed E-state index contributed by atoms with van der Waals surface area (Å²) in [6, 6.07) is 51.9. The second kappa shape index (κ2) is 11.8.